The van der Waals surface area contributed by atoms with Gasteiger partial charge < -0.3 is 10.2 Å². The molecule has 0 bridgehead atoms. The van der Waals surface area contributed by atoms with E-state index in [-0.39, 0.29) is 0 Å². The summed E-state index contributed by atoms with van der Waals surface area (Å²) < 4.78 is 1.97. The monoisotopic (exact) mass is 329 g/mol. The van der Waals surface area contributed by atoms with E-state index >= 15 is 0 Å². The van der Waals surface area contributed by atoms with Crippen molar-refractivity contribution in [2.24, 2.45) is 0 Å². The molecule has 1 aliphatic rings. The molecule has 2 aromatic rings. The van der Waals surface area contributed by atoms with E-state index < -0.39 is 0 Å². The first kappa shape index (κ1) is 16.7. The molecule has 7 nitrogen and oxygen atoms in total. The molecule has 24 heavy (non-hydrogen) atoms. The van der Waals surface area contributed by atoms with Gasteiger partial charge in [-0.2, -0.15) is 10.1 Å². The van der Waals surface area contributed by atoms with Crippen molar-refractivity contribution in [1.29, 1.82) is 0 Å². The Kier molecular flexibility index (Phi) is 4.97. The Morgan fingerprint density at radius 2 is 1.88 bits per heavy atom. The maximum atomic E-state index is 4.72. The molecule has 0 aliphatic heterocycles. The summed E-state index contributed by atoms with van der Waals surface area (Å²) in [6.07, 6.45) is 5.57. The Morgan fingerprint density at radius 3 is 2.58 bits per heavy atom. The molecular formula is C17H27N7. The van der Waals surface area contributed by atoms with Crippen LogP contribution in [0, 0.1) is 13.8 Å². The topological polar surface area (TPSA) is 71.8 Å². The van der Waals surface area contributed by atoms with E-state index in [9.17, 15) is 0 Å². The minimum Gasteiger partial charge on any atom is -0.370 e. The Hall–Kier alpha value is -2.18. The fourth-order valence-corrected chi connectivity index (χ4v) is 3.14. The lowest BCUT2D eigenvalue weighted by molar-refractivity contribution is 0.570. The predicted octanol–water partition coefficient (Wildman–Crippen LogP) is 2.13. The predicted molar refractivity (Wildman–Crippen MR) is 95.6 cm³/mol. The first-order chi connectivity index (χ1) is 11.5. The standard InChI is InChI=1S/C17H27N7/c1-12-19-13(2)24(22-12)11-7-10-18-16-14-8-5-6-9-15(14)20-17(21-16)23(3)4/h5-11H2,1-4H3,(H,18,20,21). The van der Waals surface area contributed by atoms with Crippen molar-refractivity contribution in [3.05, 3.63) is 22.9 Å². The van der Waals surface area contributed by atoms with Gasteiger partial charge in [-0.3, -0.25) is 4.68 Å². The molecule has 0 aromatic carbocycles. The molecule has 0 fully saturated rings. The van der Waals surface area contributed by atoms with Gasteiger partial charge >= 0.3 is 0 Å². The zero-order chi connectivity index (χ0) is 17.1. The molecule has 0 unspecified atom stereocenters. The van der Waals surface area contributed by atoms with Gasteiger partial charge in [0.15, 0.2) is 0 Å². The van der Waals surface area contributed by atoms with E-state index in [0.717, 1.165) is 55.8 Å². The second-order valence-electron chi connectivity index (χ2n) is 6.61. The number of fused-ring (bicyclic) bond motifs is 1. The van der Waals surface area contributed by atoms with Crippen molar-refractivity contribution in [3.8, 4) is 0 Å². The zero-order valence-corrected chi connectivity index (χ0v) is 15.1. The number of anilines is 2. The van der Waals surface area contributed by atoms with Crippen molar-refractivity contribution in [2.45, 2.75) is 52.5 Å². The lowest BCUT2D eigenvalue weighted by Crippen LogP contribution is -2.20. The van der Waals surface area contributed by atoms with E-state index in [1.54, 1.807) is 0 Å². The minimum absolute atomic E-state index is 0.792. The van der Waals surface area contributed by atoms with Crippen LogP contribution in [0.3, 0.4) is 0 Å². The van der Waals surface area contributed by atoms with Gasteiger partial charge in [-0.1, -0.05) is 0 Å². The average molecular weight is 329 g/mol. The Bertz CT molecular complexity index is 705. The molecule has 130 valence electrons. The lowest BCUT2D eigenvalue weighted by Gasteiger charge is -2.21. The van der Waals surface area contributed by atoms with Crippen LogP contribution in [0.1, 0.15) is 42.2 Å². The highest BCUT2D eigenvalue weighted by molar-refractivity contribution is 5.52. The van der Waals surface area contributed by atoms with Crippen molar-refractivity contribution >= 4 is 11.8 Å². The third-order valence-corrected chi connectivity index (χ3v) is 4.37. The molecule has 2 heterocycles. The van der Waals surface area contributed by atoms with Gasteiger partial charge in [-0.15, -0.1) is 0 Å². The number of aryl methyl sites for hydroxylation is 4. The molecule has 0 radical (unpaired) electrons. The molecule has 0 spiro atoms. The van der Waals surface area contributed by atoms with Crippen molar-refractivity contribution in [3.63, 3.8) is 0 Å². The van der Waals surface area contributed by atoms with E-state index in [1.165, 1.54) is 24.1 Å². The van der Waals surface area contributed by atoms with E-state index in [1.807, 2.05) is 37.5 Å². The average Bonchev–Trinajstić information content (AvgIpc) is 2.88. The smallest absolute Gasteiger partial charge is 0.227 e. The maximum Gasteiger partial charge on any atom is 0.227 e. The summed E-state index contributed by atoms with van der Waals surface area (Å²) in [4.78, 5) is 15.8. The minimum atomic E-state index is 0.792. The summed E-state index contributed by atoms with van der Waals surface area (Å²) in [6, 6.07) is 0. The molecule has 2 aromatic heterocycles. The highest BCUT2D eigenvalue weighted by Crippen LogP contribution is 2.27. The molecule has 1 N–H and O–H groups in total. The van der Waals surface area contributed by atoms with Gasteiger partial charge in [-0.05, 0) is 46.0 Å². The molecular weight excluding hydrogens is 302 g/mol. The Balaban J connectivity index is 1.65. The van der Waals surface area contributed by atoms with Gasteiger partial charge in [0, 0.05) is 32.7 Å². The van der Waals surface area contributed by atoms with E-state index in [4.69, 9.17) is 9.97 Å². The van der Waals surface area contributed by atoms with E-state index in [0.29, 0.717) is 0 Å². The van der Waals surface area contributed by atoms with Crippen LogP contribution in [-0.2, 0) is 19.4 Å². The summed E-state index contributed by atoms with van der Waals surface area (Å²) in [5.74, 6) is 3.61. The van der Waals surface area contributed by atoms with Gasteiger partial charge in [0.05, 0.1) is 5.69 Å². The number of aromatic nitrogens is 5. The van der Waals surface area contributed by atoms with Crippen LogP contribution in [0.15, 0.2) is 0 Å². The molecule has 0 amide bonds. The van der Waals surface area contributed by atoms with Crippen LogP contribution in [-0.4, -0.2) is 45.4 Å². The lowest BCUT2D eigenvalue weighted by atomic mass is 9.96. The second kappa shape index (κ2) is 7.15. The third kappa shape index (κ3) is 3.66. The number of nitrogens with zero attached hydrogens (tertiary/aromatic N) is 6. The molecule has 0 atom stereocenters. The molecule has 3 rings (SSSR count). The Labute approximate surface area is 143 Å². The highest BCUT2D eigenvalue weighted by Gasteiger charge is 2.18. The first-order valence-corrected chi connectivity index (χ1v) is 8.73. The van der Waals surface area contributed by atoms with Crippen molar-refractivity contribution in [1.82, 2.24) is 24.7 Å². The maximum absolute atomic E-state index is 4.72. The second-order valence-corrected chi connectivity index (χ2v) is 6.61. The summed E-state index contributed by atoms with van der Waals surface area (Å²) >= 11 is 0. The van der Waals surface area contributed by atoms with Crippen LogP contribution in [0.5, 0.6) is 0 Å². The van der Waals surface area contributed by atoms with Crippen LogP contribution in [0.2, 0.25) is 0 Å². The Morgan fingerprint density at radius 1 is 1.08 bits per heavy atom. The number of hydrogen-bond donors (Lipinski definition) is 1. The van der Waals surface area contributed by atoms with Crippen molar-refractivity contribution < 1.29 is 0 Å². The summed E-state index contributed by atoms with van der Waals surface area (Å²) in [5.41, 5.74) is 2.52. The summed E-state index contributed by atoms with van der Waals surface area (Å²) in [6.45, 7) is 5.66. The fraction of sp³-hybridized carbons (Fsp3) is 0.647. The van der Waals surface area contributed by atoms with Crippen LogP contribution in [0.4, 0.5) is 11.8 Å². The van der Waals surface area contributed by atoms with Crippen LogP contribution >= 0.6 is 0 Å². The van der Waals surface area contributed by atoms with Crippen molar-refractivity contribution in [2.75, 3.05) is 30.9 Å². The quantitative estimate of drug-likeness (QED) is 0.819. The van der Waals surface area contributed by atoms with Gasteiger partial charge in [-0.25, -0.2) is 9.97 Å². The number of rotatable bonds is 6. The molecule has 7 heteroatoms. The summed E-state index contributed by atoms with van der Waals surface area (Å²) in [5, 5.41) is 7.93. The molecule has 0 saturated heterocycles. The highest BCUT2D eigenvalue weighted by atomic mass is 15.3. The number of hydrogen-bond acceptors (Lipinski definition) is 6. The molecule has 1 aliphatic carbocycles. The first-order valence-electron chi connectivity index (χ1n) is 8.73. The summed E-state index contributed by atoms with van der Waals surface area (Å²) in [7, 11) is 3.98. The van der Waals surface area contributed by atoms with Crippen LogP contribution in [0.25, 0.3) is 0 Å². The van der Waals surface area contributed by atoms with E-state index in [2.05, 4.69) is 15.4 Å². The SMILES string of the molecule is Cc1nc(C)n(CCCNc2nc(N(C)C)nc3c2CCCC3)n1. The largest absolute Gasteiger partial charge is 0.370 e. The van der Waals surface area contributed by atoms with Gasteiger partial charge in [0.1, 0.15) is 17.5 Å². The number of nitrogens with one attached hydrogen (secondary N) is 1. The zero-order valence-electron chi connectivity index (χ0n) is 15.1. The molecule has 0 saturated carbocycles. The van der Waals surface area contributed by atoms with Crippen LogP contribution < -0.4 is 10.2 Å². The van der Waals surface area contributed by atoms with Gasteiger partial charge in [0.25, 0.3) is 0 Å². The van der Waals surface area contributed by atoms with Gasteiger partial charge in [0.2, 0.25) is 5.95 Å². The third-order valence-electron chi connectivity index (χ3n) is 4.37. The normalized spacial score (nSPS) is 13.7. The fourth-order valence-electron chi connectivity index (χ4n) is 3.14.